The van der Waals surface area contributed by atoms with Gasteiger partial charge in [0.2, 0.25) is 0 Å². The van der Waals surface area contributed by atoms with Crippen LogP contribution in [-0.2, 0) is 4.74 Å². The standard InChI is InChI=1S/C15H12ClNO2S2/c1-19-14(18)12-4-2-3-5-13(12)17-15(20)21-11-8-6-10(16)7-9-11/h2-9H,1H3,(H,17,20). The molecule has 0 radical (unpaired) electrons. The Bertz CT molecular complexity index is 659. The van der Waals surface area contributed by atoms with E-state index in [1.54, 1.807) is 30.3 Å². The lowest BCUT2D eigenvalue weighted by molar-refractivity contribution is 0.0602. The first-order valence-corrected chi connectivity index (χ1v) is 7.62. The van der Waals surface area contributed by atoms with Crippen LogP contribution in [0.5, 0.6) is 0 Å². The molecule has 2 aromatic carbocycles. The van der Waals surface area contributed by atoms with Gasteiger partial charge in [0.25, 0.3) is 0 Å². The molecule has 0 heterocycles. The summed E-state index contributed by atoms with van der Waals surface area (Å²) in [5, 5.41) is 3.72. The van der Waals surface area contributed by atoms with Gasteiger partial charge >= 0.3 is 5.97 Å². The van der Waals surface area contributed by atoms with E-state index in [1.807, 2.05) is 18.2 Å². The van der Waals surface area contributed by atoms with Crippen molar-refractivity contribution in [3.05, 3.63) is 59.1 Å². The number of benzene rings is 2. The summed E-state index contributed by atoms with van der Waals surface area (Å²) in [6.07, 6.45) is 0. The number of para-hydroxylation sites is 1. The Balaban J connectivity index is 2.09. The summed E-state index contributed by atoms with van der Waals surface area (Å²) in [5.41, 5.74) is 1.06. The van der Waals surface area contributed by atoms with Crippen molar-refractivity contribution in [1.82, 2.24) is 0 Å². The summed E-state index contributed by atoms with van der Waals surface area (Å²) in [5.74, 6) is -0.405. The third-order valence-corrected chi connectivity index (χ3v) is 3.99. The number of thiocarbonyl (C=S) groups is 1. The summed E-state index contributed by atoms with van der Waals surface area (Å²) >= 11 is 12.5. The zero-order valence-corrected chi connectivity index (χ0v) is 13.5. The molecule has 0 bridgehead atoms. The van der Waals surface area contributed by atoms with Gasteiger partial charge in [-0.25, -0.2) is 4.79 Å². The fourth-order valence-electron chi connectivity index (χ4n) is 1.63. The SMILES string of the molecule is COC(=O)c1ccccc1NC(=S)Sc1ccc(Cl)cc1. The van der Waals surface area contributed by atoms with E-state index in [0.717, 1.165) is 4.90 Å². The third-order valence-electron chi connectivity index (χ3n) is 2.59. The van der Waals surface area contributed by atoms with Gasteiger partial charge in [0.1, 0.15) is 4.32 Å². The average molecular weight is 338 g/mol. The van der Waals surface area contributed by atoms with Gasteiger partial charge in [-0.05, 0) is 36.4 Å². The molecule has 6 heteroatoms. The molecule has 0 spiro atoms. The minimum Gasteiger partial charge on any atom is -0.465 e. The number of esters is 1. The summed E-state index contributed by atoms with van der Waals surface area (Å²) in [6, 6.07) is 14.4. The largest absolute Gasteiger partial charge is 0.465 e. The molecule has 1 N–H and O–H groups in total. The highest BCUT2D eigenvalue weighted by Crippen LogP contribution is 2.24. The Labute approximate surface area is 137 Å². The van der Waals surface area contributed by atoms with E-state index in [1.165, 1.54) is 18.9 Å². The minimum absolute atomic E-state index is 0.405. The Hall–Kier alpha value is -1.56. The van der Waals surface area contributed by atoms with Crippen molar-refractivity contribution in [3.63, 3.8) is 0 Å². The first-order chi connectivity index (χ1) is 10.1. The number of carbonyl (C=O) groups excluding carboxylic acids is 1. The Morgan fingerprint density at radius 3 is 2.52 bits per heavy atom. The van der Waals surface area contributed by atoms with Crippen molar-refractivity contribution in [3.8, 4) is 0 Å². The fourth-order valence-corrected chi connectivity index (χ4v) is 2.80. The lowest BCUT2D eigenvalue weighted by atomic mass is 10.2. The molecule has 0 aliphatic rings. The molecule has 2 aromatic rings. The summed E-state index contributed by atoms with van der Waals surface area (Å²) in [7, 11) is 1.35. The van der Waals surface area contributed by atoms with Gasteiger partial charge in [0.05, 0.1) is 18.4 Å². The van der Waals surface area contributed by atoms with Gasteiger partial charge in [-0.3, -0.25) is 0 Å². The van der Waals surface area contributed by atoms with Crippen LogP contribution < -0.4 is 5.32 Å². The second-order valence-electron chi connectivity index (χ2n) is 4.01. The lowest BCUT2D eigenvalue weighted by Crippen LogP contribution is -2.10. The minimum atomic E-state index is -0.405. The zero-order chi connectivity index (χ0) is 15.2. The maximum atomic E-state index is 11.7. The zero-order valence-electron chi connectivity index (χ0n) is 11.1. The second kappa shape index (κ2) is 7.45. The van der Waals surface area contributed by atoms with Crippen LogP contribution in [0.2, 0.25) is 5.02 Å². The van der Waals surface area contributed by atoms with E-state index in [-0.39, 0.29) is 0 Å². The van der Waals surface area contributed by atoms with Crippen LogP contribution in [0.3, 0.4) is 0 Å². The molecule has 0 aliphatic carbocycles. The molecule has 21 heavy (non-hydrogen) atoms. The first kappa shape index (κ1) is 15.8. The van der Waals surface area contributed by atoms with Crippen molar-refractivity contribution in [2.75, 3.05) is 12.4 Å². The molecule has 0 unspecified atom stereocenters. The van der Waals surface area contributed by atoms with E-state index in [0.29, 0.717) is 20.6 Å². The maximum absolute atomic E-state index is 11.7. The molecule has 0 saturated heterocycles. The van der Waals surface area contributed by atoms with E-state index in [2.05, 4.69) is 5.32 Å². The molecule has 108 valence electrons. The topological polar surface area (TPSA) is 38.3 Å². The van der Waals surface area contributed by atoms with Crippen LogP contribution in [0.4, 0.5) is 5.69 Å². The van der Waals surface area contributed by atoms with E-state index >= 15 is 0 Å². The average Bonchev–Trinajstić information content (AvgIpc) is 2.49. The van der Waals surface area contributed by atoms with Crippen molar-refractivity contribution in [1.29, 1.82) is 0 Å². The molecular weight excluding hydrogens is 326 g/mol. The van der Waals surface area contributed by atoms with E-state index in [4.69, 9.17) is 28.6 Å². The van der Waals surface area contributed by atoms with Gasteiger partial charge in [-0.15, -0.1) is 0 Å². The van der Waals surface area contributed by atoms with Gasteiger partial charge in [-0.1, -0.05) is 47.7 Å². The number of thioether (sulfide) groups is 1. The number of ether oxygens (including phenoxy) is 1. The molecule has 2 rings (SSSR count). The number of methoxy groups -OCH3 is 1. The summed E-state index contributed by atoms with van der Waals surface area (Å²) < 4.78 is 5.28. The number of hydrogen-bond acceptors (Lipinski definition) is 4. The third kappa shape index (κ3) is 4.46. The molecule has 0 amide bonds. The summed E-state index contributed by atoms with van der Waals surface area (Å²) in [4.78, 5) is 12.6. The molecule has 0 saturated carbocycles. The van der Waals surface area contributed by atoms with Crippen molar-refractivity contribution < 1.29 is 9.53 Å². The van der Waals surface area contributed by atoms with Gasteiger partial charge in [0, 0.05) is 9.92 Å². The van der Waals surface area contributed by atoms with Crippen LogP contribution in [0.15, 0.2) is 53.4 Å². The highest BCUT2D eigenvalue weighted by molar-refractivity contribution is 8.23. The van der Waals surface area contributed by atoms with Crippen molar-refractivity contribution >= 4 is 51.6 Å². The number of nitrogens with one attached hydrogen (secondary N) is 1. The lowest BCUT2D eigenvalue weighted by Gasteiger charge is -2.11. The molecule has 0 aliphatic heterocycles. The Kier molecular flexibility index (Phi) is 5.61. The smallest absolute Gasteiger partial charge is 0.339 e. The van der Waals surface area contributed by atoms with Crippen LogP contribution in [0.25, 0.3) is 0 Å². The first-order valence-electron chi connectivity index (χ1n) is 6.02. The maximum Gasteiger partial charge on any atom is 0.339 e. The Morgan fingerprint density at radius 2 is 1.86 bits per heavy atom. The predicted molar refractivity (Wildman–Crippen MR) is 91.3 cm³/mol. The molecular formula is C15H12ClNO2S2. The van der Waals surface area contributed by atoms with E-state index in [9.17, 15) is 4.79 Å². The second-order valence-corrected chi connectivity index (χ2v) is 6.19. The highest BCUT2D eigenvalue weighted by Gasteiger charge is 2.12. The number of halogens is 1. The van der Waals surface area contributed by atoms with Crippen LogP contribution in [0.1, 0.15) is 10.4 Å². The Morgan fingerprint density at radius 1 is 1.19 bits per heavy atom. The molecule has 0 aromatic heterocycles. The van der Waals surface area contributed by atoms with Gasteiger partial charge in [-0.2, -0.15) is 0 Å². The fraction of sp³-hybridized carbons (Fsp3) is 0.0667. The number of hydrogen-bond donors (Lipinski definition) is 1. The van der Waals surface area contributed by atoms with Crippen LogP contribution in [0, 0.1) is 0 Å². The van der Waals surface area contributed by atoms with Crippen molar-refractivity contribution in [2.45, 2.75) is 4.90 Å². The number of anilines is 1. The predicted octanol–water partition coefficient (Wildman–Crippen LogP) is 4.62. The molecule has 0 fully saturated rings. The monoisotopic (exact) mass is 337 g/mol. The van der Waals surface area contributed by atoms with Crippen LogP contribution >= 0.6 is 35.6 Å². The molecule has 0 atom stereocenters. The summed E-state index contributed by atoms with van der Waals surface area (Å²) in [6.45, 7) is 0. The van der Waals surface area contributed by atoms with E-state index < -0.39 is 5.97 Å². The van der Waals surface area contributed by atoms with Crippen molar-refractivity contribution in [2.24, 2.45) is 0 Å². The van der Waals surface area contributed by atoms with Gasteiger partial charge in [0.15, 0.2) is 0 Å². The number of rotatable bonds is 3. The molecule has 3 nitrogen and oxygen atoms in total. The van der Waals surface area contributed by atoms with Crippen LogP contribution in [-0.4, -0.2) is 17.4 Å². The highest BCUT2D eigenvalue weighted by atomic mass is 35.5. The quantitative estimate of drug-likeness (QED) is 0.503. The van der Waals surface area contributed by atoms with Gasteiger partial charge < -0.3 is 10.1 Å². The normalized spacial score (nSPS) is 10.0. The number of carbonyl (C=O) groups is 1.